The van der Waals surface area contributed by atoms with Crippen LogP contribution >= 0.6 is 0 Å². The normalized spacial score (nSPS) is 14.0. The molecule has 1 amide bonds. The zero-order chi connectivity index (χ0) is 17.6. The van der Waals surface area contributed by atoms with Crippen molar-refractivity contribution in [3.8, 4) is 0 Å². The molecule has 25 heavy (non-hydrogen) atoms. The van der Waals surface area contributed by atoms with Crippen LogP contribution < -0.4 is 0 Å². The number of nitrogens with zero attached hydrogens (tertiary/aromatic N) is 1. The van der Waals surface area contributed by atoms with E-state index in [1.54, 1.807) is 12.1 Å². The molecule has 128 valence electrons. The summed E-state index contributed by atoms with van der Waals surface area (Å²) in [7, 11) is 0. The molecule has 3 aromatic rings. The molecule has 1 heterocycles. The quantitative estimate of drug-likeness (QED) is 0.735. The number of hydrogen-bond donors (Lipinski definition) is 1. The van der Waals surface area contributed by atoms with Gasteiger partial charge in [-0.2, -0.15) is 0 Å². The fourth-order valence-electron chi connectivity index (χ4n) is 3.41. The van der Waals surface area contributed by atoms with Gasteiger partial charge in [0.1, 0.15) is 11.5 Å². The number of carbonyl (C=O) groups excluding carboxylic acids is 1. The van der Waals surface area contributed by atoms with Gasteiger partial charge in [0.25, 0.3) is 5.91 Å². The molecule has 3 nitrogen and oxygen atoms in total. The maximum absolute atomic E-state index is 13.1. The molecule has 0 saturated heterocycles. The van der Waals surface area contributed by atoms with Crippen LogP contribution in [0.1, 0.15) is 40.0 Å². The first-order valence-electron chi connectivity index (χ1n) is 8.66. The van der Waals surface area contributed by atoms with Gasteiger partial charge in [-0.05, 0) is 67.6 Å². The summed E-state index contributed by atoms with van der Waals surface area (Å²) >= 11 is 0. The molecule has 2 aromatic carbocycles. The van der Waals surface area contributed by atoms with Gasteiger partial charge in [0.05, 0.1) is 0 Å². The minimum absolute atomic E-state index is 0.0140. The first kappa shape index (κ1) is 15.9. The molecular weight excluding hydrogens is 315 g/mol. The Morgan fingerprint density at radius 3 is 2.56 bits per heavy atom. The van der Waals surface area contributed by atoms with Gasteiger partial charge < -0.3 is 9.88 Å². The predicted molar refractivity (Wildman–Crippen MR) is 97.1 cm³/mol. The van der Waals surface area contributed by atoms with Crippen molar-refractivity contribution in [1.82, 2.24) is 9.88 Å². The zero-order valence-corrected chi connectivity index (χ0v) is 14.5. The van der Waals surface area contributed by atoms with Crippen molar-refractivity contribution in [2.75, 3.05) is 0 Å². The van der Waals surface area contributed by atoms with Crippen molar-refractivity contribution in [2.24, 2.45) is 0 Å². The van der Waals surface area contributed by atoms with E-state index in [0.717, 1.165) is 29.3 Å². The van der Waals surface area contributed by atoms with Gasteiger partial charge in [-0.25, -0.2) is 4.39 Å². The highest BCUT2D eigenvalue weighted by molar-refractivity contribution is 5.99. The van der Waals surface area contributed by atoms with Crippen LogP contribution in [0.3, 0.4) is 0 Å². The van der Waals surface area contributed by atoms with Crippen LogP contribution in [0.25, 0.3) is 10.9 Å². The van der Waals surface area contributed by atoms with Gasteiger partial charge >= 0.3 is 0 Å². The van der Waals surface area contributed by atoms with E-state index in [9.17, 15) is 9.18 Å². The molecule has 1 aliphatic carbocycles. The Bertz CT molecular complexity index is 938. The summed E-state index contributed by atoms with van der Waals surface area (Å²) in [5, 5.41) is 1.09. The fourth-order valence-corrected chi connectivity index (χ4v) is 3.41. The standard InChI is InChI=1S/C21H21FN2O/c1-13-9-14(2)18-11-20(23-19(18)10-13)21(25)24(17-7-8-17)12-15-3-5-16(22)6-4-15/h3-6,9-11,17,23H,7-8,12H2,1-2H3. The van der Waals surface area contributed by atoms with Gasteiger partial charge in [0.15, 0.2) is 0 Å². The molecule has 0 spiro atoms. The SMILES string of the molecule is Cc1cc(C)c2cc(C(=O)N(Cc3ccc(F)cc3)C3CC3)[nH]c2c1. The number of H-pyrrole nitrogens is 1. The highest BCUT2D eigenvalue weighted by Crippen LogP contribution is 2.31. The third-order valence-corrected chi connectivity index (χ3v) is 4.83. The van der Waals surface area contributed by atoms with E-state index in [2.05, 4.69) is 31.0 Å². The molecule has 1 fully saturated rings. The van der Waals surface area contributed by atoms with E-state index in [1.807, 2.05) is 11.0 Å². The largest absolute Gasteiger partial charge is 0.351 e. The van der Waals surface area contributed by atoms with E-state index in [1.165, 1.54) is 23.3 Å². The molecule has 0 bridgehead atoms. The van der Waals surface area contributed by atoms with Crippen molar-refractivity contribution in [2.45, 2.75) is 39.3 Å². The summed E-state index contributed by atoms with van der Waals surface area (Å²) in [4.78, 5) is 18.3. The van der Waals surface area contributed by atoms with E-state index in [0.29, 0.717) is 12.2 Å². The average Bonchev–Trinajstić information content (AvgIpc) is 3.32. The van der Waals surface area contributed by atoms with Crippen molar-refractivity contribution in [1.29, 1.82) is 0 Å². The molecule has 1 N–H and O–H groups in total. The number of hydrogen-bond acceptors (Lipinski definition) is 1. The van der Waals surface area contributed by atoms with Crippen LogP contribution in [-0.4, -0.2) is 21.8 Å². The lowest BCUT2D eigenvalue weighted by Crippen LogP contribution is -2.32. The van der Waals surface area contributed by atoms with Crippen LogP contribution in [-0.2, 0) is 6.54 Å². The van der Waals surface area contributed by atoms with E-state index in [4.69, 9.17) is 0 Å². The number of amides is 1. The number of benzene rings is 2. The lowest BCUT2D eigenvalue weighted by atomic mass is 10.1. The first-order valence-corrected chi connectivity index (χ1v) is 8.66. The molecule has 4 heteroatoms. The molecule has 1 aliphatic rings. The first-order chi connectivity index (χ1) is 12.0. The van der Waals surface area contributed by atoms with Crippen LogP contribution in [0.2, 0.25) is 0 Å². The fraction of sp³-hybridized carbons (Fsp3) is 0.286. The third kappa shape index (κ3) is 3.16. The Labute approximate surface area is 146 Å². The lowest BCUT2D eigenvalue weighted by molar-refractivity contribution is 0.0725. The second-order valence-corrected chi connectivity index (χ2v) is 7.02. The smallest absolute Gasteiger partial charge is 0.270 e. The minimum Gasteiger partial charge on any atom is -0.351 e. The third-order valence-electron chi connectivity index (χ3n) is 4.83. The van der Waals surface area contributed by atoms with Crippen molar-refractivity contribution in [3.63, 3.8) is 0 Å². The van der Waals surface area contributed by atoms with Crippen molar-refractivity contribution in [3.05, 3.63) is 70.7 Å². The summed E-state index contributed by atoms with van der Waals surface area (Å²) in [6, 6.07) is 12.8. The number of aromatic nitrogens is 1. The summed E-state index contributed by atoms with van der Waals surface area (Å²) in [6.07, 6.45) is 2.07. The van der Waals surface area contributed by atoms with E-state index in [-0.39, 0.29) is 17.8 Å². The molecule has 0 unspecified atom stereocenters. The van der Waals surface area contributed by atoms with Gasteiger partial charge in [0, 0.05) is 23.5 Å². The monoisotopic (exact) mass is 336 g/mol. The number of aromatic amines is 1. The maximum atomic E-state index is 13.1. The highest BCUT2D eigenvalue weighted by atomic mass is 19.1. The summed E-state index contributed by atoms with van der Waals surface area (Å²) < 4.78 is 13.1. The number of carbonyl (C=O) groups is 1. The zero-order valence-electron chi connectivity index (χ0n) is 14.5. The molecule has 0 aliphatic heterocycles. The van der Waals surface area contributed by atoms with Gasteiger partial charge in [-0.15, -0.1) is 0 Å². The van der Waals surface area contributed by atoms with Gasteiger partial charge in [0.2, 0.25) is 0 Å². The summed E-state index contributed by atoms with van der Waals surface area (Å²) in [5.74, 6) is -0.241. The Hall–Kier alpha value is -2.62. The van der Waals surface area contributed by atoms with Crippen LogP contribution in [0, 0.1) is 19.7 Å². The average molecular weight is 336 g/mol. The summed E-state index contributed by atoms with van der Waals surface area (Å²) in [6.45, 7) is 4.63. The second-order valence-electron chi connectivity index (χ2n) is 7.02. The van der Waals surface area contributed by atoms with E-state index >= 15 is 0 Å². The maximum Gasteiger partial charge on any atom is 0.270 e. The Morgan fingerprint density at radius 1 is 1.16 bits per heavy atom. The predicted octanol–water partition coefficient (Wildman–Crippen LogP) is 4.73. The lowest BCUT2D eigenvalue weighted by Gasteiger charge is -2.22. The molecule has 1 saturated carbocycles. The Balaban J connectivity index is 1.65. The topological polar surface area (TPSA) is 36.1 Å². The molecule has 0 atom stereocenters. The van der Waals surface area contributed by atoms with Crippen molar-refractivity contribution < 1.29 is 9.18 Å². The molecular formula is C21H21FN2O. The van der Waals surface area contributed by atoms with E-state index < -0.39 is 0 Å². The molecule has 1 aromatic heterocycles. The van der Waals surface area contributed by atoms with Crippen LogP contribution in [0.5, 0.6) is 0 Å². The van der Waals surface area contributed by atoms with Gasteiger partial charge in [-0.1, -0.05) is 18.2 Å². The highest BCUT2D eigenvalue weighted by Gasteiger charge is 2.33. The van der Waals surface area contributed by atoms with Crippen molar-refractivity contribution >= 4 is 16.8 Å². The number of aryl methyl sites for hydroxylation is 2. The Kier molecular flexibility index (Phi) is 3.83. The van der Waals surface area contributed by atoms with Crippen LogP contribution in [0.4, 0.5) is 4.39 Å². The Morgan fingerprint density at radius 2 is 1.88 bits per heavy atom. The second kappa shape index (κ2) is 6.03. The van der Waals surface area contributed by atoms with Crippen LogP contribution in [0.15, 0.2) is 42.5 Å². The number of fused-ring (bicyclic) bond motifs is 1. The number of rotatable bonds is 4. The molecule has 4 rings (SSSR count). The number of nitrogens with one attached hydrogen (secondary N) is 1. The summed E-state index contributed by atoms with van der Waals surface area (Å²) in [5.41, 5.74) is 4.92. The van der Waals surface area contributed by atoms with Gasteiger partial charge in [-0.3, -0.25) is 4.79 Å². The minimum atomic E-state index is -0.255. The molecule has 0 radical (unpaired) electrons. The number of halogens is 1.